The molecule has 0 N–H and O–H groups in total. The molecule has 0 aliphatic carbocycles. The maximum Gasteiger partial charge on any atom is 0.160 e. The number of nitriles is 1. The Morgan fingerprint density at radius 3 is 1.81 bits per heavy atom. The fourth-order valence-corrected chi connectivity index (χ4v) is 9.61. The number of fused-ring (bicyclic) bond motifs is 6. The molecule has 0 bridgehead atoms. The second-order valence-corrected chi connectivity index (χ2v) is 15.0. The molecule has 0 fully saturated rings. The first-order valence-corrected chi connectivity index (χ1v) is 18.8. The van der Waals surface area contributed by atoms with Crippen molar-refractivity contribution in [1.29, 1.82) is 5.26 Å². The molecular weight excluding hydrogens is 671 g/mol. The molecule has 242 valence electrons. The quantitative estimate of drug-likeness (QED) is 0.180. The van der Waals surface area contributed by atoms with E-state index < -0.39 is 0 Å². The number of hydrogen-bond acceptors (Lipinski definition) is 5. The van der Waals surface area contributed by atoms with E-state index in [0.29, 0.717) is 11.4 Å². The molecule has 0 radical (unpaired) electrons. The van der Waals surface area contributed by atoms with Crippen LogP contribution in [0.4, 0.5) is 0 Å². The van der Waals surface area contributed by atoms with E-state index >= 15 is 0 Å². The zero-order valence-electron chi connectivity index (χ0n) is 27.7. The second-order valence-electron chi connectivity index (χ2n) is 12.9. The summed E-state index contributed by atoms with van der Waals surface area (Å²) >= 11 is 3.55. The predicted molar refractivity (Wildman–Crippen MR) is 220 cm³/mol. The fourth-order valence-electron chi connectivity index (χ4n) is 7.22. The van der Waals surface area contributed by atoms with Gasteiger partial charge in [-0.1, -0.05) is 121 Å². The molecule has 0 spiro atoms. The minimum absolute atomic E-state index is 0.596. The molecule has 0 atom stereocenters. The van der Waals surface area contributed by atoms with Crippen molar-refractivity contribution >= 4 is 63.1 Å². The maximum absolute atomic E-state index is 10.1. The number of nitrogens with zero attached hydrogens (tertiary/aromatic N) is 3. The van der Waals surface area contributed by atoms with Crippen LogP contribution in [0.3, 0.4) is 0 Å². The van der Waals surface area contributed by atoms with Crippen LogP contribution in [0.15, 0.2) is 164 Å². The lowest BCUT2D eigenvalue weighted by atomic mass is 9.96. The lowest BCUT2D eigenvalue weighted by molar-refractivity contribution is 1.24. The van der Waals surface area contributed by atoms with Crippen LogP contribution >= 0.6 is 22.7 Å². The van der Waals surface area contributed by atoms with Gasteiger partial charge in [-0.2, -0.15) is 5.26 Å². The SMILES string of the molecule is N#Cc1cc(-c2ccccc2)cc(-c2nc(-c3cccc(-c4cccc(-c5cccc6c5sc5ccccc56)c4)c3)nc3c2sc2ccccc23)c1. The normalized spacial score (nSPS) is 11.4. The molecule has 0 saturated carbocycles. The predicted octanol–water partition coefficient (Wildman–Crippen LogP) is 13.4. The zero-order valence-corrected chi connectivity index (χ0v) is 29.4. The minimum Gasteiger partial charge on any atom is -0.226 e. The topological polar surface area (TPSA) is 49.6 Å². The summed E-state index contributed by atoms with van der Waals surface area (Å²) in [5, 5.41) is 13.8. The number of rotatable bonds is 5. The van der Waals surface area contributed by atoms with Crippen LogP contribution in [0.2, 0.25) is 0 Å². The maximum atomic E-state index is 10.1. The molecule has 5 heteroatoms. The summed E-state index contributed by atoms with van der Waals surface area (Å²) in [5.74, 6) is 0.655. The van der Waals surface area contributed by atoms with Crippen LogP contribution in [-0.2, 0) is 0 Å². The van der Waals surface area contributed by atoms with Crippen molar-refractivity contribution in [3.05, 3.63) is 169 Å². The van der Waals surface area contributed by atoms with E-state index in [9.17, 15) is 5.26 Å². The van der Waals surface area contributed by atoms with Gasteiger partial charge in [-0.05, 0) is 75.8 Å². The average molecular weight is 698 g/mol. The monoisotopic (exact) mass is 697 g/mol. The molecule has 0 unspecified atom stereocenters. The van der Waals surface area contributed by atoms with Gasteiger partial charge in [-0.25, -0.2) is 9.97 Å². The molecule has 10 rings (SSSR count). The van der Waals surface area contributed by atoms with Gasteiger partial charge in [0.05, 0.1) is 27.5 Å². The van der Waals surface area contributed by atoms with E-state index in [1.165, 1.54) is 31.3 Å². The molecular formula is C47H27N3S2. The lowest BCUT2D eigenvalue weighted by Crippen LogP contribution is -1.95. The zero-order chi connectivity index (χ0) is 34.6. The highest BCUT2D eigenvalue weighted by molar-refractivity contribution is 7.26. The Morgan fingerprint density at radius 1 is 0.423 bits per heavy atom. The molecule has 52 heavy (non-hydrogen) atoms. The standard InChI is InChI=1S/C47H27N3S2/c48-28-29-23-35(30-11-2-1-3-12-30)27-36(24-29)43-46-44(40-18-5-7-22-42(40)52-46)50-47(49-43)34-16-9-14-32(26-34)31-13-8-15-33(25-31)37-19-10-20-39-38-17-4-6-21-41(38)51-45(37)39/h1-27H. The van der Waals surface area contributed by atoms with E-state index in [2.05, 4.69) is 140 Å². The fraction of sp³-hybridized carbons (Fsp3) is 0. The van der Waals surface area contributed by atoms with Crippen molar-refractivity contribution < 1.29 is 0 Å². The van der Waals surface area contributed by atoms with Crippen LogP contribution < -0.4 is 0 Å². The van der Waals surface area contributed by atoms with E-state index in [-0.39, 0.29) is 0 Å². The molecule has 7 aromatic carbocycles. The second kappa shape index (κ2) is 12.4. The molecule has 0 saturated heterocycles. The van der Waals surface area contributed by atoms with E-state index in [1.54, 1.807) is 11.3 Å². The third-order valence-corrected chi connectivity index (χ3v) is 12.1. The highest BCUT2D eigenvalue weighted by Crippen LogP contribution is 2.42. The third-order valence-electron chi connectivity index (χ3n) is 9.69. The van der Waals surface area contributed by atoms with Gasteiger partial charge in [0.25, 0.3) is 0 Å². The van der Waals surface area contributed by atoms with Crippen molar-refractivity contribution in [3.63, 3.8) is 0 Å². The molecule has 0 amide bonds. The Balaban J connectivity index is 1.12. The Kier molecular flexibility index (Phi) is 7.24. The van der Waals surface area contributed by atoms with Gasteiger partial charge in [0, 0.05) is 41.4 Å². The number of aromatic nitrogens is 2. The Bertz CT molecular complexity index is 3040. The van der Waals surface area contributed by atoms with Crippen LogP contribution in [0.25, 0.3) is 96.5 Å². The van der Waals surface area contributed by atoms with E-state index in [1.807, 2.05) is 41.7 Å². The van der Waals surface area contributed by atoms with Gasteiger partial charge in [0.15, 0.2) is 5.82 Å². The summed E-state index contributed by atoms with van der Waals surface area (Å²) in [6.45, 7) is 0. The molecule has 3 aromatic heterocycles. The highest BCUT2D eigenvalue weighted by atomic mass is 32.1. The van der Waals surface area contributed by atoms with E-state index in [4.69, 9.17) is 9.97 Å². The van der Waals surface area contributed by atoms with Crippen molar-refractivity contribution in [1.82, 2.24) is 9.97 Å². The van der Waals surface area contributed by atoms with Gasteiger partial charge >= 0.3 is 0 Å². The smallest absolute Gasteiger partial charge is 0.160 e. The van der Waals surface area contributed by atoms with Gasteiger partial charge in [-0.3, -0.25) is 0 Å². The van der Waals surface area contributed by atoms with Crippen LogP contribution in [0.1, 0.15) is 5.56 Å². The van der Waals surface area contributed by atoms with Crippen molar-refractivity contribution in [2.45, 2.75) is 0 Å². The van der Waals surface area contributed by atoms with Crippen molar-refractivity contribution in [2.75, 3.05) is 0 Å². The van der Waals surface area contributed by atoms with Gasteiger partial charge in [-0.15, -0.1) is 22.7 Å². The van der Waals surface area contributed by atoms with Crippen LogP contribution in [0.5, 0.6) is 0 Å². The largest absolute Gasteiger partial charge is 0.226 e. The summed E-state index contributed by atoms with van der Waals surface area (Å²) in [6, 6.07) is 59.6. The van der Waals surface area contributed by atoms with Gasteiger partial charge in [0.2, 0.25) is 0 Å². The summed E-state index contributed by atoms with van der Waals surface area (Å²) < 4.78 is 4.78. The highest BCUT2D eigenvalue weighted by Gasteiger charge is 2.18. The molecule has 0 aliphatic rings. The Morgan fingerprint density at radius 2 is 1.00 bits per heavy atom. The number of thiophene rings is 2. The lowest BCUT2D eigenvalue weighted by Gasteiger charge is -2.11. The Labute approximate surface area is 308 Å². The van der Waals surface area contributed by atoms with E-state index in [0.717, 1.165) is 59.4 Å². The molecule has 3 nitrogen and oxygen atoms in total. The molecule has 0 aliphatic heterocycles. The number of hydrogen-bond donors (Lipinski definition) is 0. The molecule has 10 aromatic rings. The minimum atomic E-state index is 0.596. The van der Waals surface area contributed by atoms with Gasteiger partial charge in [0.1, 0.15) is 0 Å². The average Bonchev–Trinajstić information content (AvgIpc) is 3.79. The number of benzene rings is 7. The van der Waals surface area contributed by atoms with Gasteiger partial charge < -0.3 is 0 Å². The Hall–Kier alpha value is -6.45. The van der Waals surface area contributed by atoms with Crippen LogP contribution in [-0.4, -0.2) is 9.97 Å². The van der Waals surface area contributed by atoms with Crippen LogP contribution in [0, 0.1) is 11.3 Å². The van der Waals surface area contributed by atoms with Crippen molar-refractivity contribution in [2.24, 2.45) is 0 Å². The summed E-state index contributed by atoms with van der Waals surface area (Å²) in [4.78, 5) is 10.5. The first kappa shape index (κ1) is 30.4. The first-order chi connectivity index (χ1) is 25.7. The summed E-state index contributed by atoms with van der Waals surface area (Å²) in [7, 11) is 0. The third kappa shape index (κ3) is 5.17. The molecule has 3 heterocycles. The van der Waals surface area contributed by atoms with Crippen molar-refractivity contribution in [3.8, 4) is 62.1 Å². The summed E-state index contributed by atoms with van der Waals surface area (Å²) in [6.07, 6.45) is 0. The summed E-state index contributed by atoms with van der Waals surface area (Å²) in [5.41, 5.74) is 10.9. The first-order valence-electron chi connectivity index (χ1n) is 17.1.